The van der Waals surface area contributed by atoms with Gasteiger partial charge in [0.25, 0.3) is 0 Å². The van der Waals surface area contributed by atoms with Crippen molar-refractivity contribution in [2.45, 2.75) is 91.1 Å². The number of ether oxygens (including phenoxy) is 3. The molecule has 0 N–H and O–H groups in total. The lowest BCUT2D eigenvalue weighted by molar-refractivity contribution is -0.146. The predicted octanol–water partition coefficient (Wildman–Crippen LogP) is 6.13. The molecule has 0 unspecified atom stereocenters. The summed E-state index contributed by atoms with van der Waals surface area (Å²) in [5.41, 5.74) is 3.66. The van der Waals surface area contributed by atoms with Crippen LogP contribution in [0.3, 0.4) is 0 Å². The van der Waals surface area contributed by atoms with Crippen LogP contribution < -0.4 is 0 Å². The van der Waals surface area contributed by atoms with Gasteiger partial charge < -0.3 is 14.2 Å². The second kappa shape index (κ2) is 9.58. The van der Waals surface area contributed by atoms with Crippen molar-refractivity contribution < 1.29 is 19.0 Å². The minimum atomic E-state index is -1.24. The van der Waals surface area contributed by atoms with E-state index in [0.29, 0.717) is 12.2 Å². The van der Waals surface area contributed by atoms with Crippen molar-refractivity contribution >= 4 is 20.1 Å². The Bertz CT molecular complexity index is 746. The van der Waals surface area contributed by atoms with Crippen molar-refractivity contribution in [1.82, 2.24) is 0 Å². The van der Waals surface area contributed by atoms with Crippen molar-refractivity contribution in [3.63, 3.8) is 0 Å². The maximum atomic E-state index is 12.8. The summed E-state index contributed by atoms with van der Waals surface area (Å²) in [6.45, 7) is 17.4. The second-order valence-electron chi connectivity index (χ2n) is 9.75. The van der Waals surface area contributed by atoms with E-state index >= 15 is 0 Å². The molecule has 2 rings (SSSR count). The minimum absolute atomic E-state index is 0.0318. The summed E-state index contributed by atoms with van der Waals surface area (Å²) in [7, 11) is -1.24. The lowest BCUT2D eigenvalue weighted by Gasteiger charge is -2.17. The fraction of sp³-hybridized carbons (Fsp3) is 0.625. The fourth-order valence-electron chi connectivity index (χ4n) is 3.72. The average Bonchev–Trinajstić information content (AvgIpc) is 2.87. The second-order valence-corrected chi connectivity index (χ2v) is 15.4. The Labute approximate surface area is 177 Å². The van der Waals surface area contributed by atoms with E-state index in [1.807, 2.05) is 45.9 Å². The molecule has 0 radical (unpaired) electrons. The van der Waals surface area contributed by atoms with Crippen LogP contribution in [-0.4, -0.2) is 38.6 Å². The Hall–Kier alpha value is -1.43. The molecule has 1 aliphatic heterocycles. The third-order valence-corrected chi connectivity index (χ3v) is 6.86. The molecule has 5 heteroatoms. The van der Waals surface area contributed by atoms with Gasteiger partial charge in [-0.2, -0.15) is 0 Å². The summed E-state index contributed by atoms with van der Waals surface area (Å²) >= 11 is 0. The van der Waals surface area contributed by atoms with E-state index in [0.717, 1.165) is 35.6 Å². The molecule has 1 fully saturated rings. The molecule has 1 aromatic rings. The lowest BCUT2D eigenvalue weighted by atomic mass is 9.98. The quantitative estimate of drug-likeness (QED) is 0.376. The minimum Gasteiger partial charge on any atom is -0.462 e. The zero-order valence-corrected chi connectivity index (χ0v) is 20.4. The maximum absolute atomic E-state index is 12.8. The van der Waals surface area contributed by atoms with Gasteiger partial charge >= 0.3 is 5.97 Å². The molecule has 4 nitrogen and oxygen atoms in total. The van der Waals surface area contributed by atoms with Crippen molar-refractivity contribution in [2.75, 3.05) is 6.61 Å². The first-order valence-corrected chi connectivity index (χ1v) is 14.4. The Balaban J connectivity index is 2.13. The molecule has 162 valence electrons. The number of esters is 1. The molecular weight excluding hydrogens is 380 g/mol. The van der Waals surface area contributed by atoms with Crippen molar-refractivity contribution in [3.05, 3.63) is 40.5 Å². The van der Waals surface area contributed by atoms with Crippen LogP contribution in [-0.2, 0) is 14.2 Å². The van der Waals surface area contributed by atoms with Gasteiger partial charge in [0.2, 0.25) is 0 Å². The van der Waals surface area contributed by atoms with Crippen molar-refractivity contribution in [1.29, 1.82) is 0 Å². The van der Waals surface area contributed by atoms with Gasteiger partial charge in [0.1, 0.15) is 0 Å². The van der Waals surface area contributed by atoms with E-state index in [2.05, 4.69) is 32.6 Å². The first-order chi connectivity index (χ1) is 13.4. The molecular formula is C24H38O4Si. The monoisotopic (exact) mass is 418 g/mol. The molecule has 2 atom stereocenters. The summed E-state index contributed by atoms with van der Waals surface area (Å²) < 4.78 is 17.6. The van der Waals surface area contributed by atoms with Crippen molar-refractivity contribution in [3.8, 4) is 0 Å². The van der Waals surface area contributed by atoms with Crippen LogP contribution in [0.25, 0.3) is 6.08 Å². The van der Waals surface area contributed by atoms with Gasteiger partial charge in [-0.3, -0.25) is 0 Å². The summed E-state index contributed by atoms with van der Waals surface area (Å²) in [4.78, 5) is 12.8. The van der Waals surface area contributed by atoms with Crippen LogP contribution in [0.4, 0.5) is 0 Å². The number of carbonyl (C=O) groups is 1. The highest BCUT2D eigenvalue weighted by Gasteiger charge is 2.39. The third-order valence-electron chi connectivity index (χ3n) is 5.15. The molecule has 0 bridgehead atoms. The molecule has 0 aliphatic carbocycles. The fourth-order valence-corrected chi connectivity index (χ4v) is 4.43. The summed E-state index contributed by atoms with van der Waals surface area (Å²) in [5, 5.41) is 0. The normalized spacial score (nSPS) is 21.7. The molecule has 0 saturated carbocycles. The predicted molar refractivity (Wildman–Crippen MR) is 122 cm³/mol. The Kier molecular flexibility index (Phi) is 7.88. The highest BCUT2D eigenvalue weighted by Crippen LogP contribution is 2.32. The SMILES string of the molecule is CC[C@H]1OC(C)(C)O[C@H]1C/C=C/c1cc(C)cc(C)c1C(=O)OCC[Si](C)(C)C. The van der Waals surface area contributed by atoms with Crippen LogP contribution in [0.15, 0.2) is 18.2 Å². The largest absolute Gasteiger partial charge is 0.462 e. The first-order valence-electron chi connectivity index (χ1n) is 10.7. The number of hydrogen-bond acceptors (Lipinski definition) is 4. The Morgan fingerprint density at radius 2 is 1.83 bits per heavy atom. The molecule has 1 heterocycles. The molecule has 29 heavy (non-hydrogen) atoms. The van der Waals surface area contributed by atoms with Crippen LogP contribution in [0.5, 0.6) is 0 Å². The zero-order valence-electron chi connectivity index (χ0n) is 19.4. The van der Waals surface area contributed by atoms with E-state index in [-0.39, 0.29) is 18.2 Å². The van der Waals surface area contributed by atoms with E-state index in [1.165, 1.54) is 0 Å². The molecule has 1 aliphatic rings. The maximum Gasteiger partial charge on any atom is 0.338 e. The average molecular weight is 419 g/mol. The summed E-state index contributed by atoms with van der Waals surface area (Å²) in [6.07, 6.45) is 5.91. The highest BCUT2D eigenvalue weighted by atomic mass is 28.3. The van der Waals surface area contributed by atoms with Crippen LogP contribution in [0.2, 0.25) is 25.7 Å². The highest BCUT2D eigenvalue weighted by molar-refractivity contribution is 6.76. The number of benzene rings is 1. The van der Waals surface area contributed by atoms with Gasteiger partial charge in [-0.25, -0.2) is 4.79 Å². The van der Waals surface area contributed by atoms with Gasteiger partial charge in [0, 0.05) is 8.07 Å². The molecule has 1 aromatic carbocycles. The molecule has 0 amide bonds. The zero-order chi connectivity index (χ0) is 21.8. The standard InChI is InChI=1S/C24H38O4Si/c1-9-20-21(28-24(4,5)27-20)12-10-11-19-16-17(2)15-18(3)22(19)23(25)26-13-14-29(6,7)8/h10-11,15-16,20-21H,9,12-14H2,1-8H3/b11-10+/t20-,21+/m1/s1. The van der Waals surface area contributed by atoms with Gasteiger partial charge in [-0.05, 0) is 57.7 Å². The number of carbonyl (C=O) groups excluding carboxylic acids is 1. The van der Waals surface area contributed by atoms with Gasteiger partial charge in [-0.15, -0.1) is 0 Å². The van der Waals surface area contributed by atoms with Crippen molar-refractivity contribution in [2.24, 2.45) is 0 Å². The number of aryl methyl sites for hydroxylation is 2. The molecule has 0 spiro atoms. The smallest absolute Gasteiger partial charge is 0.338 e. The van der Waals surface area contributed by atoms with Gasteiger partial charge in [0.05, 0.1) is 24.4 Å². The topological polar surface area (TPSA) is 44.8 Å². The number of hydrogen-bond donors (Lipinski definition) is 0. The van der Waals surface area contributed by atoms with E-state index < -0.39 is 13.9 Å². The van der Waals surface area contributed by atoms with Gasteiger partial charge in [-0.1, -0.05) is 56.4 Å². The van der Waals surface area contributed by atoms with Gasteiger partial charge in [0.15, 0.2) is 5.79 Å². The Morgan fingerprint density at radius 1 is 1.17 bits per heavy atom. The number of rotatable bonds is 8. The summed E-state index contributed by atoms with van der Waals surface area (Å²) in [6, 6.07) is 5.06. The summed E-state index contributed by atoms with van der Waals surface area (Å²) in [5.74, 6) is -0.766. The Morgan fingerprint density at radius 3 is 2.45 bits per heavy atom. The van der Waals surface area contributed by atoms with Crippen LogP contribution >= 0.6 is 0 Å². The van der Waals surface area contributed by atoms with Crippen LogP contribution in [0, 0.1) is 13.8 Å². The molecule has 0 aromatic heterocycles. The molecule has 1 saturated heterocycles. The third kappa shape index (κ3) is 7.09. The van der Waals surface area contributed by atoms with E-state index in [9.17, 15) is 4.79 Å². The van der Waals surface area contributed by atoms with E-state index in [4.69, 9.17) is 14.2 Å². The van der Waals surface area contributed by atoms with Crippen LogP contribution in [0.1, 0.15) is 60.7 Å². The lowest BCUT2D eigenvalue weighted by Crippen LogP contribution is -2.23. The first kappa shape index (κ1) is 23.8. The van der Waals surface area contributed by atoms with E-state index in [1.54, 1.807) is 0 Å².